The highest BCUT2D eigenvalue weighted by Crippen LogP contribution is 2.52. The number of hydrogen-bond donors (Lipinski definition) is 0. The summed E-state index contributed by atoms with van der Waals surface area (Å²) in [6, 6.07) is 117. The molecule has 116 heavy (non-hydrogen) atoms. The number of hydrogen-bond acceptors (Lipinski definition) is 6. The van der Waals surface area contributed by atoms with Gasteiger partial charge in [-0.15, -0.1) is 0 Å². The summed E-state index contributed by atoms with van der Waals surface area (Å²) in [6.07, 6.45) is 4.33. The molecule has 1 aliphatic heterocycles. The summed E-state index contributed by atoms with van der Waals surface area (Å²) in [5, 5.41) is 9.55. The van der Waals surface area contributed by atoms with E-state index in [1.807, 2.05) is 24.3 Å². The minimum Gasteiger partial charge on any atom is -0.399 e. The highest BCUT2D eigenvalue weighted by Gasteiger charge is 2.52. The van der Waals surface area contributed by atoms with Crippen LogP contribution in [0.2, 0.25) is 5.28 Å². The van der Waals surface area contributed by atoms with Gasteiger partial charge in [0, 0.05) is 106 Å². The van der Waals surface area contributed by atoms with E-state index in [2.05, 4.69) is 399 Å². The summed E-state index contributed by atoms with van der Waals surface area (Å²) in [5.74, 6) is 0.723. The van der Waals surface area contributed by atoms with Crippen LogP contribution < -0.4 is 5.46 Å². The first kappa shape index (κ1) is 70.6. The van der Waals surface area contributed by atoms with Gasteiger partial charge < -0.3 is 27.6 Å². The van der Waals surface area contributed by atoms with Crippen LogP contribution in [0.15, 0.2) is 340 Å². The molecule has 0 amide bonds. The molecule has 0 unspecified atom stereocenters. The zero-order valence-corrected chi connectivity index (χ0v) is 66.4. The van der Waals surface area contributed by atoms with Gasteiger partial charge in [-0.2, -0.15) is 0 Å². The lowest BCUT2D eigenvalue weighted by Gasteiger charge is -2.32. The Morgan fingerprint density at radius 3 is 1.19 bits per heavy atom. The number of halogens is 1. The van der Waals surface area contributed by atoms with Crippen molar-refractivity contribution in [3.05, 3.63) is 368 Å². The second kappa shape index (κ2) is 26.9. The quantitative estimate of drug-likeness (QED) is 0.111. The first-order valence-corrected chi connectivity index (χ1v) is 40.2. The summed E-state index contributed by atoms with van der Waals surface area (Å²) in [5.41, 5.74) is 29.2. The van der Waals surface area contributed by atoms with Crippen molar-refractivity contribution < 1.29 is 9.31 Å². The van der Waals surface area contributed by atoms with Crippen LogP contribution in [0.3, 0.4) is 0 Å². The van der Waals surface area contributed by atoms with E-state index in [1.54, 1.807) is 0 Å². The zero-order chi connectivity index (χ0) is 78.5. The van der Waals surface area contributed by atoms with Crippen LogP contribution in [0, 0.1) is 0 Å². The van der Waals surface area contributed by atoms with Gasteiger partial charge in [-0.3, -0.25) is 0 Å². The molecule has 2 aliphatic carbocycles. The van der Waals surface area contributed by atoms with Crippen LogP contribution in [0.5, 0.6) is 0 Å². The van der Waals surface area contributed by atoms with Crippen LogP contribution in [0.1, 0.15) is 77.6 Å². The molecule has 23 rings (SSSR count). The first-order valence-electron chi connectivity index (χ1n) is 39.9. The molecule has 0 spiro atoms. The summed E-state index contributed by atoms with van der Waals surface area (Å²) < 4.78 is 22.1. The van der Waals surface area contributed by atoms with E-state index in [0.29, 0.717) is 0 Å². The Kier molecular flexibility index (Phi) is 16.4. The lowest BCUT2D eigenvalue weighted by molar-refractivity contribution is 0.00578. The van der Waals surface area contributed by atoms with Gasteiger partial charge in [-0.05, 0) is 223 Å². The van der Waals surface area contributed by atoms with E-state index >= 15 is 0 Å². The number of benzene rings is 14. The number of nitrogens with zero attached hydrogens (tertiary/aromatic N) is 8. The fraction of sp³-hybridized carbons (Fsp3) is 0.115. The molecule has 0 atom stereocenters. The lowest BCUT2D eigenvalue weighted by atomic mass is 9.78. The molecule has 20 aromatic rings. The number of fused-ring (bicyclic) bond motifs is 16. The van der Waals surface area contributed by atoms with Crippen molar-refractivity contribution in [3.8, 4) is 78.9 Å². The maximum absolute atomic E-state index is 6.39. The van der Waals surface area contributed by atoms with Crippen LogP contribution in [0.4, 0.5) is 0 Å². The summed E-state index contributed by atoms with van der Waals surface area (Å²) in [4.78, 5) is 19.5. The van der Waals surface area contributed by atoms with Gasteiger partial charge in [0.15, 0.2) is 5.82 Å². The summed E-state index contributed by atoms with van der Waals surface area (Å²) in [6.45, 7) is 17.6. The van der Waals surface area contributed by atoms with Gasteiger partial charge in [0.1, 0.15) is 0 Å². The molecule has 1 saturated heterocycles. The van der Waals surface area contributed by atoms with Crippen molar-refractivity contribution in [2.45, 2.75) is 77.4 Å². The summed E-state index contributed by atoms with van der Waals surface area (Å²) >= 11 is 6.20. The highest BCUT2D eigenvalue weighted by atomic mass is 35.5. The highest BCUT2D eigenvalue weighted by molar-refractivity contribution is 6.62. The first-order chi connectivity index (χ1) is 56.4. The fourth-order valence-corrected chi connectivity index (χ4v) is 18.5. The largest absolute Gasteiger partial charge is 0.494 e. The third-order valence-corrected chi connectivity index (χ3v) is 25.1. The van der Waals surface area contributed by atoms with Gasteiger partial charge in [-0.25, -0.2) is 19.9 Å². The van der Waals surface area contributed by atoms with Crippen molar-refractivity contribution in [1.29, 1.82) is 0 Å². The lowest BCUT2D eigenvalue weighted by Crippen LogP contribution is -2.41. The van der Waals surface area contributed by atoms with E-state index in [9.17, 15) is 0 Å². The van der Waals surface area contributed by atoms with Crippen LogP contribution in [0.25, 0.3) is 166 Å². The van der Waals surface area contributed by atoms with Crippen LogP contribution in [-0.4, -0.2) is 56.5 Å². The SMILES string of the molecule is CC1(C)OB(c2ccc3c(c2)c2cc4ccn(-c5ccccc5)c4cc2n3-c2ccccc2)OC1(C)C.CC1(C)c2ccccc2-c2ccc(-c3nc(-c4ccc5c(c4)c4cc6ccn(-c7ccccc7)c6cc4n5-c4ccccc4)nc4ccccc34)cc21.CC1(C)c2ccccc2-c2ccc(-c3nc(Cl)nc4ccccc34)cc21. The Labute approximate surface area is 678 Å². The molecule has 6 aromatic heterocycles. The maximum atomic E-state index is 6.39. The Bertz CT molecular complexity index is 7350. The molecule has 7 heterocycles. The molecular weight excluding hydrogens is 1440 g/mol. The van der Waals surface area contributed by atoms with Gasteiger partial charge in [0.05, 0.1) is 66.7 Å². The van der Waals surface area contributed by atoms with Crippen molar-refractivity contribution in [2.75, 3.05) is 0 Å². The Morgan fingerprint density at radius 2 is 0.690 bits per heavy atom. The molecule has 3 aliphatic rings. The summed E-state index contributed by atoms with van der Waals surface area (Å²) in [7, 11) is -0.396. The minimum absolute atomic E-state index is 0.0332. The average molecular weight is 1520 g/mol. The third-order valence-electron chi connectivity index (χ3n) is 25.0. The van der Waals surface area contributed by atoms with Gasteiger partial charge in [-0.1, -0.05) is 222 Å². The van der Waals surface area contributed by atoms with Gasteiger partial charge in [0.2, 0.25) is 5.28 Å². The molecule has 0 radical (unpaired) electrons. The van der Waals surface area contributed by atoms with Gasteiger partial charge in [0.25, 0.3) is 0 Å². The van der Waals surface area contributed by atoms with E-state index < -0.39 is 7.12 Å². The second-order valence-corrected chi connectivity index (χ2v) is 33.3. The molecule has 558 valence electrons. The van der Waals surface area contributed by atoms with Crippen molar-refractivity contribution in [1.82, 2.24) is 38.2 Å². The molecule has 14 aromatic carbocycles. The molecule has 12 heteroatoms. The predicted molar refractivity (Wildman–Crippen MR) is 480 cm³/mol. The van der Waals surface area contributed by atoms with Crippen molar-refractivity contribution >= 4 is 111 Å². The fourth-order valence-electron chi connectivity index (χ4n) is 18.3. The molecule has 0 N–H and O–H groups in total. The number of rotatable bonds is 8. The molecular formula is C104H80BClN8O2. The van der Waals surface area contributed by atoms with Crippen LogP contribution in [-0.2, 0) is 20.1 Å². The Morgan fingerprint density at radius 1 is 0.293 bits per heavy atom. The third kappa shape index (κ3) is 11.5. The Hall–Kier alpha value is -13.3. The molecule has 10 nitrogen and oxygen atoms in total. The number of para-hydroxylation sites is 6. The van der Waals surface area contributed by atoms with E-state index in [4.69, 9.17) is 30.9 Å². The molecule has 0 bridgehead atoms. The minimum atomic E-state index is -0.396. The molecule has 0 saturated carbocycles. The maximum Gasteiger partial charge on any atom is 0.494 e. The van der Waals surface area contributed by atoms with Crippen molar-refractivity contribution in [3.63, 3.8) is 0 Å². The van der Waals surface area contributed by atoms with Crippen molar-refractivity contribution in [2.24, 2.45) is 0 Å². The normalized spacial score (nSPS) is 14.6. The van der Waals surface area contributed by atoms with E-state index in [1.165, 1.54) is 98.9 Å². The zero-order valence-electron chi connectivity index (χ0n) is 65.7. The van der Waals surface area contributed by atoms with E-state index in [0.717, 1.165) is 95.0 Å². The standard InChI is InChI=1S/C49H34N4.C32H29BN2O2.C23H17ClN2/c1-49(2)41-19-11-9-17-36(41)37-23-21-32(29-42(37)49)47-38-18-10-12-20-43(38)50-48(51-47)33-22-24-44-39(28-33)40-27-31-25-26-52(34-13-5-3-6-14-34)45(31)30-46(40)53(44)35-15-7-4-8-16-35;1-31(2)32(3,4)37-33(36-31)23-15-16-28-27(20-23)26-19-22-17-18-34(24-11-7-5-8-12-24)29(22)21-30(26)35(28)25-13-9-6-10-14-25;1-23(2)18-9-5-3-7-15(18)16-12-11-14(13-19(16)23)21-17-8-4-6-10-20(17)25-22(24)26-21/h3-30H,1-2H3;5-21H,1-4H3;3-13H,1-2H3. The van der Waals surface area contributed by atoms with Crippen LogP contribution >= 0.6 is 11.6 Å². The predicted octanol–water partition coefficient (Wildman–Crippen LogP) is 25.6. The smallest absolute Gasteiger partial charge is 0.399 e. The van der Waals surface area contributed by atoms with E-state index in [-0.39, 0.29) is 27.3 Å². The molecule has 1 fully saturated rings. The number of aromatic nitrogens is 8. The Balaban J connectivity index is 0.000000116. The average Bonchev–Trinajstić information content (AvgIpc) is 1.58. The topological polar surface area (TPSA) is 89.7 Å². The van der Waals surface area contributed by atoms with Gasteiger partial charge >= 0.3 is 7.12 Å². The second-order valence-electron chi connectivity index (χ2n) is 33.0. The monoisotopic (exact) mass is 1520 g/mol.